The van der Waals surface area contributed by atoms with Gasteiger partial charge in [0.05, 0.1) is 30.6 Å². The van der Waals surface area contributed by atoms with Gasteiger partial charge in [0.2, 0.25) is 29.5 Å². The second kappa shape index (κ2) is 21.7. The molecule has 0 radical (unpaired) electrons. The SMILES string of the molecule is CC(C)[C@@H]1NC(O)[C@@H]2[C@H](C)CCN2C(=O)CN=C(NC(C(=O)NC(C(=O)N[C@H](CC(=O)NCc2ccccc2)c2nccs2)[C@@H](C)c2ccccc2)C(C)(C)C)C(C(C)(C)C)NC1=O. The molecule has 3 aromatic rings. The van der Waals surface area contributed by atoms with Gasteiger partial charge in [-0.15, -0.1) is 11.3 Å². The summed E-state index contributed by atoms with van der Waals surface area (Å²) in [4.78, 5) is 82.2. The smallest absolute Gasteiger partial charge is 0.244 e. The Morgan fingerprint density at radius 1 is 0.938 bits per heavy atom. The molecule has 1 saturated heterocycles. The zero-order valence-electron chi connectivity index (χ0n) is 39.0. The molecule has 5 amide bonds. The fraction of sp³-hybridized carbons (Fsp3) is 0.562. The number of carbonyl (C=O) groups excluding carboxylic acids is 5. The van der Waals surface area contributed by atoms with Crippen LogP contribution in [0.3, 0.4) is 0 Å². The van der Waals surface area contributed by atoms with E-state index in [-0.39, 0.29) is 48.4 Å². The van der Waals surface area contributed by atoms with Crippen molar-refractivity contribution < 1.29 is 29.1 Å². The number of fused-ring (bicyclic) bond motifs is 1. The third-order valence-electron chi connectivity index (χ3n) is 12.1. The van der Waals surface area contributed by atoms with E-state index in [9.17, 15) is 29.1 Å². The van der Waals surface area contributed by atoms with E-state index in [1.54, 1.807) is 16.5 Å². The first-order valence-corrected chi connectivity index (χ1v) is 23.2. The molecule has 2 aliphatic heterocycles. The molecule has 16 heteroatoms. The van der Waals surface area contributed by atoms with Crippen LogP contribution in [0.4, 0.5) is 0 Å². The highest BCUT2D eigenvalue weighted by Gasteiger charge is 2.44. The zero-order valence-corrected chi connectivity index (χ0v) is 39.8. The van der Waals surface area contributed by atoms with Crippen molar-refractivity contribution in [1.82, 2.24) is 41.8 Å². The Labute approximate surface area is 382 Å². The van der Waals surface area contributed by atoms with Crippen molar-refractivity contribution in [2.75, 3.05) is 13.1 Å². The number of carbonyl (C=O) groups is 5. The lowest BCUT2D eigenvalue weighted by Crippen LogP contribution is -2.65. The minimum Gasteiger partial charge on any atom is -0.376 e. The maximum absolute atomic E-state index is 15.0. The Morgan fingerprint density at radius 3 is 2.19 bits per heavy atom. The number of benzene rings is 2. The third-order valence-corrected chi connectivity index (χ3v) is 13.0. The van der Waals surface area contributed by atoms with Crippen LogP contribution in [0.25, 0.3) is 0 Å². The molecule has 3 heterocycles. The average Bonchev–Trinajstić information content (AvgIpc) is 3.92. The highest BCUT2D eigenvalue weighted by atomic mass is 32.1. The Morgan fingerprint density at radius 2 is 1.59 bits per heavy atom. The molecule has 7 N–H and O–H groups in total. The van der Waals surface area contributed by atoms with E-state index in [1.807, 2.05) is 130 Å². The van der Waals surface area contributed by atoms with E-state index >= 15 is 0 Å². The molecule has 2 aliphatic rings. The van der Waals surface area contributed by atoms with Crippen molar-refractivity contribution in [3.05, 3.63) is 88.4 Å². The van der Waals surface area contributed by atoms with Gasteiger partial charge in [0.15, 0.2) is 0 Å². The van der Waals surface area contributed by atoms with Crippen LogP contribution in [0.2, 0.25) is 0 Å². The Bertz CT molecular complexity index is 2070. The zero-order chi connectivity index (χ0) is 46.9. The van der Waals surface area contributed by atoms with Crippen LogP contribution in [0.5, 0.6) is 0 Å². The highest BCUT2D eigenvalue weighted by molar-refractivity contribution is 7.09. The molecule has 0 saturated carbocycles. The molecule has 1 aromatic heterocycles. The van der Waals surface area contributed by atoms with E-state index in [4.69, 9.17) is 4.99 Å². The number of hydrogen-bond donors (Lipinski definition) is 7. The molecule has 9 atom stereocenters. The van der Waals surface area contributed by atoms with Crippen LogP contribution in [0.15, 0.2) is 77.2 Å². The first-order valence-electron chi connectivity index (χ1n) is 22.4. The summed E-state index contributed by atoms with van der Waals surface area (Å²) in [5, 5.41) is 32.5. The lowest BCUT2D eigenvalue weighted by Gasteiger charge is -2.40. The van der Waals surface area contributed by atoms with Gasteiger partial charge in [-0.1, -0.05) is 130 Å². The van der Waals surface area contributed by atoms with Gasteiger partial charge in [-0.25, -0.2) is 4.98 Å². The van der Waals surface area contributed by atoms with Crippen molar-refractivity contribution in [2.24, 2.45) is 27.7 Å². The summed E-state index contributed by atoms with van der Waals surface area (Å²) in [5.74, 6) is -2.50. The fourth-order valence-electron chi connectivity index (χ4n) is 8.34. The third kappa shape index (κ3) is 13.0. The highest BCUT2D eigenvalue weighted by Crippen LogP contribution is 2.30. The minimum absolute atomic E-state index is 0.0276. The topological polar surface area (TPSA) is 206 Å². The number of aliphatic hydroxyl groups excluding tert-OH is 1. The maximum Gasteiger partial charge on any atom is 0.244 e. The normalized spacial score (nSPS) is 23.0. The molecular weight excluding hydrogens is 831 g/mol. The van der Waals surface area contributed by atoms with E-state index in [2.05, 4.69) is 36.9 Å². The number of nitrogens with one attached hydrogen (secondary N) is 6. The number of aromatic nitrogens is 1. The number of nitrogens with zero attached hydrogens (tertiary/aromatic N) is 3. The van der Waals surface area contributed by atoms with Crippen molar-refractivity contribution >= 4 is 46.7 Å². The van der Waals surface area contributed by atoms with Gasteiger partial charge < -0.3 is 36.6 Å². The molecule has 4 unspecified atom stereocenters. The van der Waals surface area contributed by atoms with Gasteiger partial charge in [-0.3, -0.25) is 34.3 Å². The van der Waals surface area contributed by atoms with Gasteiger partial charge >= 0.3 is 0 Å². The largest absolute Gasteiger partial charge is 0.376 e. The van der Waals surface area contributed by atoms with Crippen molar-refractivity contribution in [3.8, 4) is 0 Å². The quantitative estimate of drug-likeness (QED) is 0.130. The molecule has 0 aliphatic carbocycles. The maximum atomic E-state index is 15.0. The lowest BCUT2D eigenvalue weighted by molar-refractivity contribution is -0.135. The average molecular weight is 900 g/mol. The van der Waals surface area contributed by atoms with Gasteiger partial charge in [0.1, 0.15) is 35.7 Å². The van der Waals surface area contributed by atoms with Crippen LogP contribution in [0.1, 0.15) is 110 Å². The Kier molecular flexibility index (Phi) is 16.9. The summed E-state index contributed by atoms with van der Waals surface area (Å²) >= 11 is 1.32. The van der Waals surface area contributed by atoms with Crippen LogP contribution >= 0.6 is 11.3 Å². The van der Waals surface area contributed by atoms with Gasteiger partial charge in [0, 0.05) is 30.6 Å². The summed E-state index contributed by atoms with van der Waals surface area (Å²) in [5.41, 5.74) is 0.260. The summed E-state index contributed by atoms with van der Waals surface area (Å²) in [7, 11) is 0. The first-order chi connectivity index (χ1) is 30.1. The number of amides is 5. The van der Waals surface area contributed by atoms with Crippen molar-refractivity contribution in [1.29, 1.82) is 0 Å². The number of aliphatic imine (C=N–C) groups is 1. The number of thiazole rings is 1. The fourth-order valence-corrected chi connectivity index (χ4v) is 9.02. The molecule has 348 valence electrons. The van der Waals surface area contributed by atoms with Gasteiger partial charge in [-0.05, 0) is 40.2 Å². The lowest BCUT2D eigenvalue weighted by atomic mass is 9.82. The monoisotopic (exact) mass is 900 g/mol. The van der Waals surface area contributed by atoms with Crippen LogP contribution in [-0.2, 0) is 30.5 Å². The second-order valence-corrected chi connectivity index (χ2v) is 20.6. The van der Waals surface area contributed by atoms with Crippen LogP contribution < -0.4 is 31.9 Å². The van der Waals surface area contributed by atoms with E-state index < -0.39 is 71.0 Å². The summed E-state index contributed by atoms with van der Waals surface area (Å²) < 4.78 is 0. The van der Waals surface area contributed by atoms with Gasteiger partial charge in [0.25, 0.3) is 0 Å². The summed E-state index contributed by atoms with van der Waals surface area (Å²) in [6, 6.07) is 13.8. The molecule has 2 aromatic carbocycles. The molecule has 5 rings (SSSR count). The number of hydrogen-bond acceptors (Lipinski definition) is 11. The first kappa shape index (κ1) is 49.8. The number of aliphatic hydroxyl groups is 1. The van der Waals surface area contributed by atoms with Crippen molar-refractivity contribution in [3.63, 3.8) is 0 Å². The second-order valence-electron chi connectivity index (χ2n) is 19.7. The van der Waals surface area contributed by atoms with E-state index in [1.165, 1.54) is 11.3 Å². The van der Waals surface area contributed by atoms with E-state index in [0.29, 0.717) is 24.5 Å². The van der Waals surface area contributed by atoms with E-state index in [0.717, 1.165) is 11.1 Å². The molecule has 64 heavy (non-hydrogen) atoms. The van der Waals surface area contributed by atoms with Crippen LogP contribution in [0, 0.1) is 22.7 Å². The Hall–Kier alpha value is -5.19. The molecule has 1 fully saturated rings. The molecule has 0 bridgehead atoms. The number of amidine groups is 1. The number of rotatable bonds is 13. The minimum atomic E-state index is -1.14. The van der Waals surface area contributed by atoms with Crippen molar-refractivity contribution in [2.45, 2.75) is 137 Å². The molecule has 15 nitrogen and oxygen atoms in total. The molecule has 0 spiro atoms. The summed E-state index contributed by atoms with van der Waals surface area (Å²) in [6.07, 6.45) is 1.08. The Balaban J connectivity index is 1.48. The molecular formula is C48H69N9O6S. The standard InChI is InChI=1S/C48H69N9O6S/c1-28(2)36-42(60)56-39(47(5,6)7)41(51-27-35(59)57-23-21-29(3)38(57)44(62)53-36)55-40(48(8,9)10)45(63)54-37(30(4)32-19-15-12-16-20-32)43(61)52-33(46-49-22-24-64-46)25-34(58)50-26-31-17-13-11-14-18-31/h11-20,22,24,28-30,33,36-40,44,53,62H,21,23,25-27H2,1-10H3,(H,50,58)(H,51,55)(H,52,61)(H,54,63)(H,56,60)/t29-,30+,33-,36+,37?,38+,39?,40?,44?/m1/s1. The van der Waals surface area contributed by atoms with Gasteiger partial charge in [-0.2, -0.15) is 0 Å². The predicted molar refractivity (Wildman–Crippen MR) is 250 cm³/mol. The predicted octanol–water partition coefficient (Wildman–Crippen LogP) is 4.41. The summed E-state index contributed by atoms with van der Waals surface area (Å²) in [6.45, 7) is 19.5. The van der Waals surface area contributed by atoms with Crippen LogP contribution in [-0.4, -0.2) is 99.9 Å².